The third-order valence-corrected chi connectivity index (χ3v) is 4.46. The van der Waals surface area contributed by atoms with E-state index in [0.717, 1.165) is 23.4 Å². The highest BCUT2D eigenvalue weighted by molar-refractivity contribution is 5.57. The van der Waals surface area contributed by atoms with E-state index in [1.807, 2.05) is 26.8 Å². The van der Waals surface area contributed by atoms with Gasteiger partial charge in [-0.3, -0.25) is 4.68 Å². The smallest absolute Gasteiger partial charge is 0.265 e. The van der Waals surface area contributed by atoms with Crippen LogP contribution >= 0.6 is 0 Å². The number of nitrogens with zero attached hydrogens (tertiary/aromatic N) is 4. The predicted octanol–water partition coefficient (Wildman–Crippen LogP) is 5.54. The van der Waals surface area contributed by atoms with Crippen molar-refractivity contribution in [1.29, 1.82) is 0 Å². The van der Waals surface area contributed by atoms with Crippen molar-refractivity contribution in [3.63, 3.8) is 0 Å². The number of alkyl halides is 3. The molecule has 0 bridgehead atoms. The van der Waals surface area contributed by atoms with Crippen LogP contribution in [0.5, 0.6) is 0 Å². The van der Waals surface area contributed by atoms with Crippen molar-refractivity contribution in [2.45, 2.75) is 45.8 Å². The second-order valence-corrected chi connectivity index (χ2v) is 7.03. The molecule has 3 rings (SSSR count). The lowest BCUT2D eigenvalue weighted by molar-refractivity contribution is -0.137. The average Bonchev–Trinajstić information content (AvgIpc) is 3.10. The molecule has 2 aromatic heterocycles. The van der Waals surface area contributed by atoms with Gasteiger partial charge in [0.05, 0.1) is 23.5 Å². The predicted molar refractivity (Wildman–Crippen MR) is 97.3 cm³/mol. The molecule has 0 amide bonds. The third-order valence-electron chi connectivity index (χ3n) is 4.46. The molecular formula is C20H20F4N4. The first-order chi connectivity index (χ1) is 13.1. The summed E-state index contributed by atoms with van der Waals surface area (Å²) in [6, 6.07) is 3.79. The minimum absolute atomic E-state index is 0.129. The largest absolute Gasteiger partial charge is 0.416 e. The molecule has 0 aliphatic heterocycles. The first-order valence-corrected chi connectivity index (χ1v) is 8.83. The van der Waals surface area contributed by atoms with Crippen LogP contribution in [-0.2, 0) is 6.18 Å². The molecule has 1 unspecified atom stereocenters. The van der Waals surface area contributed by atoms with Gasteiger partial charge in [-0.2, -0.15) is 18.3 Å². The van der Waals surface area contributed by atoms with E-state index in [1.54, 1.807) is 19.3 Å². The SMILES string of the molecule is Cc1cc(-c2cnn(C(C)c3ccc(C(F)(F)F)cc3F)c2)nc(C(C)C)n1. The molecule has 0 aliphatic rings. The van der Waals surface area contributed by atoms with Crippen LogP contribution in [0.4, 0.5) is 17.6 Å². The molecule has 2 heterocycles. The minimum Gasteiger partial charge on any atom is -0.265 e. The van der Waals surface area contributed by atoms with Crippen LogP contribution in [0.2, 0.25) is 0 Å². The van der Waals surface area contributed by atoms with Crippen molar-refractivity contribution in [3.8, 4) is 11.3 Å². The first kappa shape index (κ1) is 20.0. The zero-order chi connectivity index (χ0) is 20.6. The lowest BCUT2D eigenvalue weighted by Gasteiger charge is -2.15. The quantitative estimate of drug-likeness (QED) is 0.548. The van der Waals surface area contributed by atoms with Crippen molar-refractivity contribution in [1.82, 2.24) is 19.7 Å². The van der Waals surface area contributed by atoms with E-state index in [-0.39, 0.29) is 11.5 Å². The number of aryl methyl sites for hydroxylation is 1. The second kappa shape index (κ2) is 7.33. The maximum atomic E-state index is 14.3. The molecule has 1 aromatic carbocycles. The molecule has 1 atom stereocenters. The third kappa shape index (κ3) is 4.05. The van der Waals surface area contributed by atoms with Crippen LogP contribution in [0.25, 0.3) is 11.3 Å². The zero-order valence-electron chi connectivity index (χ0n) is 15.9. The summed E-state index contributed by atoms with van der Waals surface area (Å²) in [7, 11) is 0. The van der Waals surface area contributed by atoms with Gasteiger partial charge in [-0.15, -0.1) is 0 Å². The molecule has 148 valence electrons. The Hall–Kier alpha value is -2.77. The molecular weight excluding hydrogens is 372 g/mol. The van der Waals surface area contributed by atoms with Crippen molar-refractivity contribution in [2.24, 2.45) is 0 Å². The van der Waals surface area contributed by atoms with Crippen molar-refractivity contribution in [3.05, 3.63) is 65.1 Å². The lowest BCUT2D eigenvalue weighted by Crippen LogP contribution is -2.11. The monoisotopic (exact) mass is 392 g/mol. The van der Waals surface area contributed by atoms with E-state index in [0.29, 0.717) is 17.6 Å². The Morgan fingerprint density at radius 3 is 2.36 bits per heavy atom. The van der Waals surface area contributed by atoms with Crippen LogP contribution < -0.4 is 0 Å². The summed E-state index contributed by atoms with van der Waals surface area (Å²) in [5.41, 5.74) is 1.36. The maximum absolute atomic E-state index is 14.3. The van der Waals surface area contributed by atoms with Gasteiger partial charge in [0.1, 0.15) is 11.6 Å². The molecule has 0 radical (unpaired) electrons. The van der Waals surface area contributed by atoms with E-state index in [4.69, 9.17) is 0 Å². The van der Waals surface area contributed by atoms with Gasteiger partial charge in [-0.1, -0.05) is 19.9 Å². The average molecular weight is 392 g/mol. The number of hydrogen-bond acceptors (Lipinski definition) is 3. The van der Waals surface area contributed by atoms with Gasteiger partial charge < -0.3 is 0 Å². The molecule has 0 N–H and O–H groups in total. The van der Waals surface area contributed by atoms with Crippen molar-refractivity contribution >= 4 is 0 Å². The van der Waals surface area contributed by atoms with Crippen LogP contribution in [0.15, 0.2) is 36.7 Å². The Labute approximate surface area is 160 Å². The Bertz CT molecular complexity index is 992. The van der Waals surface area contributed by atoms with Gasteiger partial charge in [-0.05, 0) is 32.0 Å². The number of rotatable bonds is 4. The summed E-state index contributed by atoms with van der Waals surface area (Å²) in [5.74, 6) is -0.0437. The molecule has 0 fully saturated rings. The number of benzene rings is 1. The summed E-state index contributed by atoms with van der Waals surface area (Å²) in [4.78, 5) is 8.95. The highest BCUT2D eigenvalue weighted by Gasteiger charge is 2.31. The van der Waals surface area contributed by atoms with Crippen LogP contribution in [0, 0.1) is 12.7 Å². The summed E-state index contributed by atoms with van der Waals surface area (Å²) >= 11 is 0. The van der Waals surface area contributed by atoms with E-state index in [9.17, 15) is 17.6 Å². The molecule has 4 nitrogen and oxygen atoms in total. The van der Waals surface area contributed by atoms with Gasteiger partial charge in [0, 0.05) is 28.9 Å². The summed E-state index contributed by atoms with van der Waals surface area (Å²) < 4.78 is 54.0. The number of hydrogen-bond donors (Lipinski definition) is 0. The van der Waals surface area contributed by atoms with Gasteiger partial charge in [0.2, 0.25) is 0 Å². The van der Waals surface area contributed by atoms with Crippen LogP contribution in [0.3, 0.4) is 0 Å². The molecule has 0 saturated carbocycles. The lowest BCUT2D eigenvalue weighted by atomic mass is 10.0. The van der Waals surface area contributed by atoms with Gasteiger partial charge in [0.25, 0.3) is 0 Å². The van der Waals surface area contributed by atoms with Crippen LogP contribution in [-0.4, -0.2) is 19.7 Å². The summed E-state index contributed by atoms with van der Waals surface area (Å²) in [5, 5.41) is 4.25. The highest BCUT2D eigenvalue weighted by atomic mass is 19.4. The Kier molecular flexibility index (Phi) is 5.23. The maximum Gasteiger partial charge on any atom is 0.416 e. The molecule has 3 aromatic rings. The summed E-state index contributed by atoms with van der Waals surface area (Å²) in [6.07, 6.45) is -1.28. The Balaban J connectivity index is 1.92. The molecule has 0 aliphatic carbocycles. The van der Waals surface area contributed by atoms with E-state index < -0.39 is 23.6 Å². The molecule has 0 spiro atoms. The molecule has 0 saturated heterocycles. The Morgan fingerprint density at radius 2 is 1.75 bits per heavy atom. The fraction of sp³-hybridized carbons (Fsp3) is 0.350. The highest BCUT2D eigenvalue weighted by Crippen LogP contribution is 2.32. The first-order valence-electron chi connectivity index (χ1n) is 8.83. The van der Waals surface area contributed by atoms with Crippen molar-refractivity contribution < 1.29 is 17.6 Å². The standard InChI is InChI=1S/C20H20F4N4/c1-11(2)19-26-12(3)7-18(27-19)14-9-25-28(10-14)13(4)16-6-5-15(8-17(16)21)20(22,23)24/h5-11,13H,1-4H3. The number of halogens is 4. The minimum atomic E-state index is -4.58. The molecule has 8 heteroatoms. The molecule has 28 heavy (non-hydrogen) atoms. The topological polar surface area (TPSA) is 43.6 Å². The number of aromatic nitrogens is 4. The fourth-order valence-corrected chi connectivity index (χ4v) is 2.86. The van der Waals surface area contributed by atoms with Crippen molar-refractivity contribution in [2.75, 3.05) is 0 Å². The van der Waals surface area contributed by atoms with Crippen LogP contribution in [0.1, 0.15) is 55.4 Å². The Morgan fingerprint density at radius 1 is 1.04 bits per heavy atom. The van der Waals surface area contributed by atoms with E-state index in [2.05, 4.69) is 15.1 Å². The zero-order valence-corrected chi connectivity index (χ0v) is 15.9. The van der Waals surface area contributed by atoms with E-state index in [1.165, 1.54) is 4.68 Å². The normalized spacial score (nSPS) is 13.2. The van der Waals surface area contributed by atoms with E-state index >= 15 is 0 Å². The summed E-state index contributed by atoms with van der Waals surface area (Å²) in [6.45, 7) is 7.55. The second-order valence-electron chi connectivity index (χ2n) is 7.03. The van der Waals surface area contributed by atoms with Gasteiger partial charge in [0.15, 0.2) is 0 Å². The van der Waals surface area contributed by atoms with Gasteiger partial charge in [-0.25, -0.2) is 14.4 Å². The van der Waals surface area contributed by atoms with Gasteiger partial charge >= 0.3 is 6.18 Å². The fourth-order valence-electron chi connectivity index (χ4n) is 2.86.